The Morgan fingerprint density at radius 3 is 2.53 bits per heavy atom. The molecule has 0 aliphatic heterocycles. The first-order valence-electron chi connectivity index (χ1n) is 5.13. The van der Waals surface area contributed by atoms with E-state index in [0.29, 0.717) is 17.7 Å². The summed E-state index contributed by atoms with van der Waals surface area (Å²) in [4.78, 5) is 11.7. The van der Waals surface area contributed by atoms with E-state index >= 15 is 0 Å². The van der Waals surface area contributed by atoms with E-state index in [9.17, 15) is 9.18 Å². The highest BCUT2D eigenvalue weighted by Gasteiger charge is 2.14. The number of rotatable bonds is 3. The highest BCUT2D eigenvalue weighted by Crippen LogP contribution is 2.10. The Morgan fingerprint density at radius 2 is 2.06 bits per heavy atom. The Kier molecular flexibility index (Phi) is 5.58. The van der Waals surface area contributed by atoms with Crippen molar-refractivity contribution in [2.24, 2.45) is 5.73 Å². The molecule has 0 fully saturated rings. The molecule has 0 bridgehead atoms. The van der Waals surface area contributed by atoms with Crippen LogP contribution in [0.25, 0.3) is 0 Å². The predicted octanol–water partition coefficient (Wildman–Crippen LogP) is 2.02. The number of amides is 1. The van der Waals surface area contributed by atoms with E-state index in [2.05, 4.69) is 5.32 Å². The van der Waals surface area contributed by atoms with Crippen LogP contribution in [0.5, 0.6) is 0 Å². The fourth-order valence-corrected chi connectivity index (χ4v) is 1.29. The molecule has 0 unspecified atom stereocenters. The van der Waals surface area contributed by atoms with Crippen molar-refractivity contribution in [1.82, 2.24) is 5.32 Å². The first kappa shape index (κ1) is 15.9. The van der Waals surface area contributed by atoms with Gasteiger partial charge in [-0.3, -0.25) is 4.79 Å². The summed E-state index contributed by atoms with van der Waals surface area (Å²) in [5.74, 6) is -0.566. The summed E-state index contributed by atoms with van der Waals surface area (Å²) in [5, 5.41) is 2.71. The fraction of sp³-hybridized carbons (Fsp3) is 0.417. The van der Waals surface area contributed by atoms with Crippen LogP contribution < -0.4 is 11.1 Å². The number of halogens is 2. The number of aryl methyl sites for hydroxylation is 1. The maximum Gasteiger partial charge on any atom is 0.251 e. The maximum atomic E-state index is 12.8. The van der Waals surface area contributed by atoms with Gasteiger partial charge in [-0.25, -0.2) is 4.39 Å². The van der Waals surface area contributed by atoms with Gasteiger partial charge in [-0.15, -0.1) is 12.4 Å². The van der Waals surface area contributed by atoms with Crippen LogP contribution in [-0.4, -0.2) is 18.0 Å². The molecule has 0 saturated heterocycles. The number of nitrogens with two attached hydrogens (primary N) is 1. The zero-order valence-electron chi connectivity index (χ0n) is 10.2. The minimum Gasteiger partial charge on any atom is -0.350 e. The first-order valence-corrected chi connectivity index (χ1v) is 5.13. The lowest BCUT2D eigenvalue weighted by Gasteiger charge is -2.19. The average molecular weight is 261 g/mol. The van der Waals surface area contributed by atoms with Crippen LogP contribution in [0.4, 0.5) is 4.39 Å². The van der Waals surface area contributed by atoms with Crippen molar-refractivity contribution in [2.45, 2.75) is 26.3 Å². The normalized spacial score (nSPS) is 10.6. The lowest BCUT2D eigenvalue weighted by atomic mass is 10.1. The third-order valence-corrected chi connectivity index (χ3v) is 2.14. The SMILES string of the molecule is Cc1cc(F)ccc1C(=O)NCC(C)(C)N.Cl. The molecule has 0 radical (unpaired) electrons. The van der Waals surface area contributed by atoms with Crippen LogP contribution in [0, 0.1) is 12.7 Å². The van der Waals surface area contributed by atoms with Crippen molar-refractivity contribution in [3.8, 4) is 0 Å². The van der Waals surface area contributed by atoms with E-state index in [4.69, 9.17) is 5.73 Å². The Morgan fingerprint density at radius 1 is 1.47 bits per heavy atom. The molecule has 0 atom stereocenters. The second kappa shape index (κ2) is 5.98. The number of nitrogens with one attached hydrogen (secondary N) is 1. The van der Waals surface area contributed by atoms with Gasteiger partial charge >= 0.3 is 0 Å². The highest BCUT2D eigenvalue weighted by molar-refractivity contribution is 5.95. The summed E-state index contributed by atoms with van der Waals surface area (Å²) < 4.78 is 12.8. The molecule has 5 heteroatoms. The van der Waals surface area contributed by atoms with Gasteiger partial charge in [0.1, 0.15) is 5.82 Å². The van der Waals surface area contributed by atoms with Gasteiger partial charge in [0.15, 0.2) is 0 Å². The molecule has 0 heterocycles. The van der Waals surface area contributed by atoms with E-state index in [1.807, 2.05) is 13.8 Å². The third kappa shape index (κ3) is 5.15. The molecule has 0 spiro atoms. The molecule has 1 aromatic carbocycles. The van der Waals surface area contributed by atoms with Crippen molar-refractivity contribution in [2.75, 3.05) is 6.54 Å². The highest BCUT2D eigenvalue weighted by atomic mass is 35.5. The van der Waals surface area contributed by atoms with Crippen molar-refractivity contribution in [3.05, 3.63) is 35.1 Å². The molecule has 96 valence electrons. The van der Waals surface area contributed by atoms with Crippen LogP contribution >= 0.6 is 12.4 Å². The Hall–Kier alpha value is -1.13. The summed E-state index contributed by atoms with van der Waals surface area (Å²) in [6.07, 6.45) is 0. The largest absolute Gasteiger partial charge is 0.350 e. The summed E-state index contributed by atoms with van der Waals surface area (Å²) in [7, 11) is 0. The monoisotopic (exact) mass is 260 g/mol. The van der Waals surface area contributed by atoms with Crippen molar-refractivity contribution < 1.29 is 9.18 Å². The predicted molar refractivity (Wildman–Crippen MR) is 69.0 cm³/mol. The smallest absolute Gasteiger partial charge is 0.251 e. The van der Waals surface area contributed by atoms with E-state index < -0.39 is 5.54 Å². The molecule has 3 nitrogen and oxygen atoms in total. The van der Waals surface area contributed by atoms with Crippen molar-refractivity contribution in [3.63, 3.8) is 0 Å². The second-order valence-electron chi connectivity index (χ2n) is 4.63. The number of carbonyl (C=O) groups is 1. The molecule has 3 N–H and O–H groups in total. The van der Waals surface area contributed by atoms with Gasteiger partial charge in [-0.05, 0) is 44.5 Å². The lowest BCUT2D eigenvalue weighted by Crippen LogP contribution is -2.45. The lowest BCUT2D eigenvalue weighted by molar-refractivity contribution is 0.0945. The molecule has 17 heavy (non-hydrogen) atoms. The topological polar surface area (TPSA) is 55.1 Å². The van der Waals surface area contributed by atoms with Gasteiger partial charge in [0.2, 0.25) is 0 Å². The van der Waals surface area contributed by atoms with Crippen molar-refractivity contribution in [1.29, 1.82) is 0 Å². The number of hydrogen-bond donors (Lipinski definition) is 2. The quantitative estimate of drug-likeness (QED) is 0.874. The second-order valence-corrected chi connectivity index (χ2v) is 4.63. The molecule has 1 amide bonds. The Balaban J connectivity index is 0.00000256. The number of hydrogen-bond acceptors (Lipinski definition) is 2. The van der Waals surface area contributed by atoms with Crippen LogP contribution in [0.15, 0.2) is 18.2 Å². The van der Waals surface area contributed by atoms with Crippen molar-refractivity contribution >= 4 is 18.3 Å². The Bertz CT molecular complexity index is 402. The fourth-order valence-electron chi connectivity index (χ4n) is 1.29. The zero-order chi connectivity index (χ0) is 12.3. The molecular weight excluding hydrogens is 243 g/mol. The van der Waals surface area contributed by atoms with Crippen LogP contribution in [0.1, 0.15) is 29.8 Å². The zero-order valence-corrected chi connectivity index (χ0v) is 11.0. The summed E-state index contributed by atoms with van der Waals surface area (Å²) in [6.45, 7) is 5.73. The summed E-state index contributed by atoms with van der Waals surface area (Å²) in [6, 6.07) is 4.08. The van der Waals surface area contributed by atoms with Gasteiger partial charge in [0.05, 0.1) is 0 Å². The van der Waals surface area contributed by atoms with Crippen LogP contribution in [0.3, 0.4) is 0 Å². The van der Waals surface area contributed by atoms with Gasteiger partial charge in [0.25, 0.3) is 5.91 Å². The van der Waals surface area contributed by atoms with E-state index in [0.717, 1.165) is 0 Å². The van der Waals surface area contributed by atoms with Crippen LogP contribution in [-0.2, 0) is 0 Å². The van der Waals surface area contributed by atoms with E-state index in [-0.39, 0.29) is 24.1 Å². The average Bonchev–Trinajstić information content (AvgIpc) is 2.13. The molecule has 0 aliphatic rings. The Labute approximate surface area is 107 Å². The molecule has 0 aliphatic carbocycles. The maximum absolute atomic E-state index is 12.8. The van der Waals surface area contributed by atoms with Gasteiger partial charge in [0, 0.05) is 17.6 Å². The van der Waals surface area contributed by atoms with Crippen LogP contribution in [0.2, 0.25) is 0 Å². The molecule has 1 rings (SSSR count). The molecule has 1 aromatic rings. The minimum atomic E-state index is -0.455. The third-order valence-electron chi connectivity index (χ3n) is 2.14. The first-order chi connectivity index (χ1) is 7.29. The minimum absolute atomic E-state index is 0. The molecular formula is C12H18ClFN2O. The summed E-state index contributed by atoms with van der Waals surface area (Å²) >= 11 is 0. The van der Waals surface area contributed by atoms with Gasteiger partial charge in [-0.2, -0.15) is 0 Å². The van der Waals surface area contributed by atoms with Gasteiger partial charge in [-0.1, -0.05) is 0 Å². The summed E-state index contributed by atoms with van der Waals surface area (Å²) in [5.41, 5.74) is 6.39. The standard InChI is InChI=1S/C12H17FN2O.ClH/c1-8-6-9(13)4-5-10(8)11(16)15-7-12(2,3)14;/h4-6H,7,14H2,1-3H3,(H,15,16);1H. The number of benzene rings is 1. The van der Waals surface area contributed by atoms with E-state index in [1.165, 1.54) is 18.2 Å². The van der Waals surface area contributed by atoms with Gasteiger partial charge < -0.3 is 11.1 Å². The van der Waals surface area contributed by atoms with E-state index in [1.54, 1.807) is 6.92 Å². The number of carbonyl (C=O) groups excluding carboxylic acids is 1. The molecule has 0 aromatic heterocycles. The molecule has 0 saturated carbocycles.